The molecular formula is C37H54N2O10. The lowest BCUT2D eigenvalue weighted by atomic mass is 9.86. The Balaban J connectivity index is 1.34. The van der Waals surface area contributed by atoms with Gasteiger partial charge >= 0.3 is 18.0 Å². The van der Waals surface area contributed by atoms with Crippen LogP contribution in [0.1, 0.15) is 90.1 Å². The molecule has 3 fully saturated rings. The van der Waals surface area contributed by atoms with Crippen LogP contribution in [0.5, 0.6) is 0 Å². The highest BCUT2D eigenvalue weighted by Gasteiger charge is 2.38. The van der Waals surface area contributed by atoms with E-state index in [1.54, 1.807) is 31.6 Å². The van der Waals surface area contributed by atoms with Gasteiger partial charge in [0.05, 0.1) is 49.7 Å². The molecular weight excluding hydrogens is 632 g/mol. The summed E-state index contributed by atoms with van der Waals surface area (Å²) in [4.78, 5) is 41.6. The average Bonchev–Trinajstić information content (AvgIpc) is 3.52. The maximum absolute atomic E-state index is 13.2. The van der Waals surface area contributed by atoms with Crippen LogP contribution >= 0.6 is 0 Å². The van der Waals surface area contributed by atoms with Crippen LogP contribution in [0.4, 0.5) is 4.79 Å². The molecule has 1 aromatic heterocycles. The van der Waals surface area contributed by atoms with Gasteiger partial charge in [0.2, 0.25) is 5.89 Å². The average molecular weight is 687 g/mol. The van der Waals surface area contributed by atoms with E-state index < -0.39 is 24.3 Å². The molecule has 8 atom stereocenters. The number of carbonyl (C=O) groups excluding carboxylic acids is 3. The number of methoxy groups -OCH3 is 2. The minimum atomic E-state index is -0.518. The number of ether oxygens (including phenoxy) is 6. The molecule has 12 heteroatoms. The first kappa shape index (κ1) is 38.3. The Morgan fingerprint density at radius 1 is 1.02 bits per heavy atom. The molecule has 3 aliphatic rings. The second-order valence-electron chi connectivity index (χ2n) is 13.6. The predicted octanol–water partition coefficient (Wildman–Crippen LogP) is 5.89. The number of hydrogen-bond donors (Lipinski definition) is 1. The van der Waals surface area contributed by atoms with Gasteiger partial charge in [0.1, 0.15) is 18.5 Å². The molecule has 49 heavy (non-hydrogen) atoms. The van der Waals surface area contributed by atoms with Crippen molar-refractivity contribution in [3.8, 4) is 0 Å². The number of esters is 2. The Kier molecular flexibility index (Phi) is 15.4. The van der Waals surface area contributed by atoms with E-state index in [4.69, 9.17) is 28.1 Å². The molecule has 0 unspecified atom stereocenters. The van der Waals surface area contributed by atoms with Crippen LogP contribution in [0.15, 0.2) is 41.1 Å². The van der Waals surface area contributed by atoms with Gasteiger partial charge in [-0.15, -0.1) is 0 Å². The molecule has 4 rings (SSSR count). The van der Waals surface area contributed by atoms with Gasteiger partial charge in [-0.2, -0.15) is 0 Å². The molecule has 4 bridgehead atoms. The number of alkyl carbamates (subject to hydrolysis) is 1. The first-order valence-electron chi connectivity index (χ1n) is 17.6. The normalized spacial score (nSPS) is 30.0. The van der Waals surface area contributed by atoms with E-state index in [0.29, 0.717) is 56.3 Å². The summed E-state index contributed by atoms with van der Waals surface area (Å²) in [6, 6.07) is 0. The van der Waals surface area contributed by atoms with Crippen LogP contribution in [0.2, 0.25) is 0 Å². The smallest absolute Gasteiger partial charge is 0.407 e. The second-order valence-corrected chi connectivity index (χ2v) is 13.6. The summed E-state index contributed by atoms with van der Waals surface area (Å²) < 4.78 is 40.8. The van der Waals surface area contributed by atoms with Crippen molar-refractivity contribution >= 4 is 24.1 Å². The Morgan fingerprint density at radius 2 is 1.82 bits per heavy atom. The molecule has 0 saturated carbocycles. The van der Waals surface area contributed by atoms with Gasteiger partial charge in [0.25, 0.3) is 0 Å². The van der Waals surface area contributed by atoms with Gasteiger partial charge in [0, 0.05) is 45.4 Å². The van der Waals surface area contributed by atoms with Crippen LogP contribution in [0, 0.1) is 11.8 Å². The minimum absolute atomic E-state index is 0.0163. The van der Waals surface area contributed by atoms with Crippen LogP contribution in [0.3, 0.4) is 0 Å². The predicted molar refractivity (Wildman–Crippen MR) is 181 cm³/mol. The minimum Gasteiger partial charge on any atom is -0.459 e. The third-order valence-corrected chi connectivity index (χ3v) is 9.10. The molecule has 3 aliphatic heterocycles. The third kappa shape index (κ3) is 13.4. The van der Waals surface area contributed by atoms with Crippen LogP contribution in [-0.2, 0) is 44.4 Å². The summed E-state index contributed by atoms with van der Waals surface area (Å²) in [6.45, 7) is 6.69. The molecule has 3 saturated heterocycles. The number of hydrogen-bond acceptors (Lipinski definition) is 11. The number of oxazole rings is 1. The zero-order chi connectivity index (χ0) is 35.2. The number of carbonyl (C=O) groups is 3. The number of aryl methyl sites for hydroxylation is 1. The Morgan fingerprint density at radius 3 is 2.59 bits per heavy atom. The molecule has 0 spiro atoms. The largest absolute Gasteiger partial charge is 0.459 e. The highest BCUT2D eigenvalue weighted by molar-refractivity contribution is 5.82. The number of allylic oxidation sites excluding steroid dienone is 2. The fourth-order valence-corrected chi connectivity index (χ4v) is 6.51. The van der Waals surface area contributed by atoms with Crippen LogP contribution in [0.25, 0.3) is 6.08 Å². The fourth-order valence-electron chi connectivity index (χ4n) is 6.51. The molecule has 0 aromatic carbocycles. The first-order valence-corrected chi connectivity index (χ1v) is 17.6. The van der Waals surface area contributed by atoms with Crippen molar-refractivity contribution in [3.63, 3.8) is 0 Å². The highest BCUT2D eigenvalue weighted by atomic mass is 16.6. The van der Waals surface area contributed by atoms with Crippen molar-refractivity contribution in [2.24, 2.45) is 11.8 Å². The van der Waals surface area contributed by atoms with Crippen molar-refractivity contribution in [1.29, 1.82) is 0 Å². The lowest BCUT2D eigenvalue weighted by Gasteiger charge is -2.40. The summed E-state index contributed by atoms with van der Waals surface area (Å²) >= 11 is 0. The molecule has 12 nitrogen and oxygen atoms in total. The Bertz CT molecular complexity index is 1290. The lowest BCUT2D eigenvalue weighted by Crippen LogP contribution is -2.43. The monoisotopic (exact) mass is 686 g/mol. The van der Waals surface area contributed by atoms with Gasteiger partial charge in [0.15, 0.2) is 0 Å². The number of aromatic nitrogens is 1. The SMILES string of the molecule is COC(=O)NC/C=C\c1nc(CC/C=C\C(=O)O[C@@H]2C[C@H]3C[C@H](OC)C[C@H]4O[C@@H](CC[C@@H]4C)C[C@H](/C=C/C(C)C)OC(=O)C[C@@H](C2)O3)co1. The Labute approximate surface area is 289 Å². The number of nitrogens with zero attached hydrogens (tertiary/aromatic N) is 1. The summed E-state index contributed by atoms with van der Waals surface area (Å²) in [6.07, 6.45) is 16.2. The molecule has 1 aromatic rings. The van der Waals surface area contributed by atoms with E-state index in [1.807, 2.05) is 6.08 Å². The number of nitrogens with one attached hydrogen (secondary N) is 1. The number of amides is 1. The van der Waals surface area contributed by atoms with Crippen LogP contribution < -0.4 is 5.32 Å². The first-order chi connectivity index (χ1) is 23.6. The summed E-state index contributed by atoms with van der Waals surface area (Å²) in [5, 5.41) is 2.54. The van der Waals surface area contributed by atoms with Crippen molar-refractivity contribution in [2.45, 2.75) is 128 Å². The summed E-state index contributed by atoms with van der Waals surface area (Å²) in [5.41, 5.74) is 0.735. The Hall–Kier alpha value is -3.48. The lowest BCUT2D eigenvalue weighted by molar-refractivity contribution is -0.171. The van der Waals surface area contributed by atoms with E-state index >= 15 is 0 Å². The van der Waals surface area contributed by atoms with E-state index in [-0.39, 0.29) is 49.5 Å². The molecule has 272 valence electrons. The van der Waals surface area contributed by atoms with Crippen molar-refractivity contribution in [2.75, 3.05) is 20.8 Å². The number of cyclic esters (lactones) is 1. The van der Waals surface area contributed by atoms with E-state index in [0.717, 1.165) is 25.0 Å². The highest BCUT2D eigenvalue weighted by Crippen LogP contribution is 2.34. The zero-order valence-corrected chi connectivity index (χ0v) is 29.5. The maximum Gasteiger partial charge on any atom is 0.407 e. The number of fused-ring (bicyclic) bond motifs is 4. The molecule has 1 N–H and O–H groups in total. The molecule has 0 aliphatic carbocycles. The molecule has 0 radical (unpaired) electrons. The van der Waals surface area contributed by atoms with E-state index in [2.05, 4.69) is 41.9 Å². The van der Waals surface area contributed by atoms with Gasteiger partial charge in [-0.25, -0.2) is 14.6 Å². The standard InChI is InChI=1S/C37H54N2O10/c1-24(2)12-14-28-17-27-15-13-25(3)33(47-27)21-29(43-4)18-30-19-31(20-32(46-30)22-36(41)48-28)49-35(40)11-7-6-9-26-23-45-34(39-26)10-8-16-38-37(42)44-5/h7-8,10-12,14,23-25,27-33H,6,9,13,15-22H2,1-5H3,(H,38,42)/b10-8-,11-7-,14-12+/t25-,27-,28-,29-,30+,31+,32+,33+/m0/s1. The van der Waals surface area contributed by atoms with Gasteiger partial charge in [-0.05, 0) is 56.1 Å². The summed E-state index contributed by atoms with van der Waals surface area (Å²) in [5.74, 6) is 0.353. The van der Waals surface area contributed by atoms with E-state index in [1.165, 1.54) is 13.2 Å². The van der Waals surface area contributed by atoms with Gasteiger partial charge < -0.3 is 38.2 Å². The quantitative estimate of drug-likeness (QED) is 0.129. The molecule has 4 heterocycles. The summed E-state index contributed by atoms with van der Waals surface area (Å²) in [7, 11) is 3.02. The number of rotatable bonds is 11. The van der Waals surface area contributed by atoms with E-state index in [9.17, 15) is 14.4 Å². The third-order valence-electron chi connectivity index (χ3n) is 9.10. The fraction of sp³-hybridized carbons (Fsp3) is 0.676. The van der Waals surface area contributed by atoms with Crippen molar-refractivity contribution in [3.05, 3.63) is 48.2 Å². The molecule has 1 amide bonds. The topological polar surface area (TPSA) is 145 Å². The van der Waals surface area contributed by atoms with Gasteiger partial charge in [-0.3, -0.25) is 4.79 Å². The second kappa shape index (κ2) is 19.6. The van der Waals surface area contributed by atoms with Crippen LogP contribution in [-0.4, -0.2) is 86.5 Å². The maximum atomic E-state index is 13.2. The van der Waals surface area contributed by atoms with Gasteiger partial charge in [-0.1, -0.05) is 39.0 Å². The van der Waals surface area contributed by atoms with Crippen molar-refractivity contribution < 1.29 is 47.2 Å². The van der Waals surface area contributed by atoms with Crippen molar-refractivity contribution in [1.82, 2.24) is 10.3 Å². The zero-order valence-electron chi connectivity index (χ0n) is 29.5.